The topological polar surface area (TPSA) is 55.3 Å². The van der Waals surface area contributed by atoms with Gasteiger partial charge >= 0.3 is 0 Å². The van der Waals surface area contributed by atoms with Gasteiger partial charge in [0.15, 0.2) is 0 Å². The second-order valence-corrected chi connectivity index (χ2v) is 7.36. The Kier molecular flexibility index (Phi) is 5.84. The lowest BCUT2D eigenvalue weighted by Crippen LogP contribution is -2.32. The van der Waals surface area contributed by atoms with Crippen LogP contribution in [0.5, 0.6) is 5.75 Å². The molecule has 1 fully saturated rings. The van der Waals surface area contributed by atoms with Crippen LogP contribution in [0.4, 0.5) is 0 Å². The van der Waals surface area contributed by atoms with E-state index in [9.17, 15) is 4.79 Å². The first-order chi connectivity index (χ1) is 14.2. The van der Waals surface area contributed by atoms with E-state index in [1.807, 2.05) is 53.4 Å². The van der Waals surface area contributed by atoms with Crippen LogP contribution < -0.4 is 4.74 Å². The summed E-state index contributed by atoms with van der Waals surface area (Å²) in [6, 6.07) is 18.0. The number of hydrogen-bond acceptors (Lipinski definition) is 4. The Morgan fingerprint density at radius 1 is 1.10 bits per heavy atom. The van der Waals surface area contributed by atoms with E-state index in [0.717, 1.165) is 54.1 Å². The van der Waals surface area contributed by atoms with Crippen molar-refractivity contribution in [3.63, 3.8) is 0 Å². The van der Waals surface area contributed by atoms with Gasteiger partial charge in [-0.15, -0.1) is 0 Å². The van der Waals surface area contributed by atoms with Crippen LogP contribution in [0.15, 0.2) is 67.0 Å². The van der Waals surface area contributed by atoms with Crippen molar-refractivity contribution in [1.29, 1.82) is 0 Å². The van der Waals surface area contributed by atoms with Gasteiger partial charge in [0.25, 0.3) is 0 Å². The fourth-order valence-corrected chi connectivity index (χ4v) is 3.92. The first kappa shape index (κ1) is 19.1. The summed E-state index contributed by atoms with van der Waals surface area (Å²) in [6.45, 7) is 0.788. The second kappa shape index (κ2) is 8.86. The maximum Gasteiger partial charge on any atom is 0.227 e. The van der Waals surface area contributed by atoms with E-state index in [-0.39, 0.29) is 11.9 Å². The molecular formula is C24H25N3O2. The second-order valence-electron chi connectivity index (χ2n) is 7.36. The highest BCUT2D eigenvalue weighted by Gasteiger charge is 2.30. The van der Waals surface area contributed by atoms with Crippen molar-refractivity contribution in [2.45, 2.75) is 31.7 Å². The van der Waals surface area contributed by atoms with Crippen LogP contribution in [0.2, 0.25) is 0 Å². The van der Waals surface area contributed by atoms with Gasteiger partial charge in [-0.3, -0.25) is 14.8 Å². The zero-order chi connectivity index (χ0) is 20.1. The van der Waals surface area contributed by atoms with Crippen LogP contribution in [0.25, 0.3) is 0 Å². The smallest absolute Gasteiger partial charge is 0.227 e. The average Bonchev–Trinajstić information content (AvgIpc) is 3.25. The van der Waals surface area contributed by atoms with Gasteiger partial charge in [-0.1, -0.05) is 18.2 Å². The van der Waals surface area contributed by atoms with Gasteiger partial charge in [0.1, 0.15) is 5.75 Å². The standard InChI is InChI=1S/C24H25N3O2/c1-29-21-7-2-5-19(16-21)15-20-6-3-8-22(26-20)23-9-4-14-27(23)24(28)17-18-10-12-25-13-11-18/h2-3,5-8,10-13,16,23H,4,9,14-15,17H2,1H3. The van der Waals surface area contributed by atoms with Crippen LogP contribution in [0.3, 0.4) is 0 Å². The molecule has 0 aliphatic carbocycles. The third kappa shape index (κ3) is 4.62. The summed E-state index contributed by atoms with van der Waals surface area (Å²) in [6.07, 6.45) is 6.57. The van der Waals surface area contributed by atoms with E-state index in [4.69, 9.17) is 9.72 Å². The monoisotopic (exact) mass is 387 g/mol. The average molecular weight is 387 g/mol. The minimum atomic E-state index is 0.0506. The molecule has 2 aromatic heterocycles. The summed E-state index contributed by atoms with van der Waals surface area (Å²) in [7, 11) is 1.68. The van der Waals surface area contributed by atoms with Crippen molar-refractivity contribution in [1.82, 2.24) is 14.9 Å². The molecule has 3 heterocycles. The molecule has 29 heavy (non-hydrogen) atoms. The maximum absolute atomic E-state index is 12.9. The number of pyridine rings is 2. The quantitative estimate of drug-likeness (QED) is 0.642. The SMILES string of the molecule is COc1cccc(Cc2cccc(C3CCCN3C(=O)Cc3ccncc3)n2)c1. The zero-order valence-corrected chi connectivity index (χ0v) is 16.6. The van der Waals surface area contributed by atoms with Gasteiger partial charge < -0.3 is 9.64 Å². The molecule has 5 heteroatoms. The van der Waals surface area contributed by atoms with Crippen molar-refractivity contribution in [2.75, 3.05) is 13.7 Å². The fraction of sp³-hybridized carbons (Fsp3) is 0.292. The molecular weight excluding hydrogens is 362 g/mol. The van der Waals surface area contributed by atoms with Crippen LogP contribution in [0.1, 0.15) is 41.4 Å². The number of benzene rings is 1. The molecule has 1 atom stereocenters. The third-order valence-corrected chi connectivity index (χ3v) is 5.37. The van der Waals surface area contributed by atoms with Gasteiger partial charge in [0, 0.05) is 31.1 Å². The largest absolute Gasteiger partial charge is 0.497 e. The molecule has 5 nitrogen and oxygen atoms in total. The van der Waals surface area contributed by atoms with E-state index in [2.05, 4.69) is 11.1 Å². The number of ether oxygens (including phenoxy) is 1. The highest BCUT2D eigenvalue weighted by molar-refractivity contribution is 5.79. The van der Waals surface area contributed by atoms with Gasteiger partial charge in [-0.05, 0) is 60.4 Å². The Labute approximate surface area is 171 Å². The van der Waals surface area contributed by atoms with Crippen molar-refractivity contribution in [2.24, 2.45) is 0 Å². The van der Waals surface area contributed by atoms with Crippen molar-refractivity contribution < 1.29 is 9.53 Å². The number of rotatable bonds is 6. The summed E-state index contributed by atoms with van der Waals surface area (Å²) in [5.74, 6) is 1.00. The lowest BCUT2D eigenvalue weighted by Gasteiger charge is -2.25. The highest BCUT2D eigenvalue weighted by atomic mass is 16.5. The maximum atomic E-state index is 12.9. The molecule has 1 aliphatic rings. The fourth-order valence-electron chi connectivity index (χ4n) is 3.92. The molecule has 1 aliphatic heterocycles. The van der Waals surface area contributed by atoms with Gasteiger partial charge in [-0.25, -0.2) is 0 Å². The first-order valence-corrected chi connectivity index (χ1v) is 10.00. The van der Waals surface area contributed by atoms with Crippen LogP contribution in [-0.4, -0.2) is 34.4 Å². The minimum absolute atomic E-state index is 0.0506. The molecule has 1 saturated heterocycles. The van der Waals surface area contributed by atoms with Crippen molar-refractivity contribution in [3.05, 3.63) is 89.5 Å². The lowest BCUT2D eigenvalue weighted by atomic mass is 10.1. The van der Waals surface area contributed by atoms with E-state index in [1.54, 1.807) is 19.5 Å². The Balaban J connectivity index is 1.49. The van der Waals surface area contributed by atoms with Crippen LogP contribution in [-0.2, 0) is 17.6 Å². The van der Waals surface area contributed by atoms with Crippen LogP contribution >= 0.6 is 0 Å². The first-order valence-electron chi connectivity index (χ1n) is 10.00. The molecule has 1 unspecified atom stereocenters. The number of hydrogen-bond donors (Lipinski definition) is 0. The molecule has 3 aromatic rings. The molecule has 0 radical (unpaired) electrons. The molecule has 0 saturated carbocycles. The number of nitrogens with zero attached hydrogens (tertiary/aromatic N) is 3. The molecule has 0 N–H and O–H groups in total. The zero-order valence-electron chi connectivity index (χ0n) is 16.6. The number of aromatic nitrogens is 2. The number of carbonyl (C=O) groups is 1. The summed E-state index contributed by atoms with van der Waals surface area (Å²) < 4.78 is 5.32. The number of carbonyl (C=O) groups excluding carboxylic acids is 1. The van der Waals surface area contributed by atoms with Gasteiger partial charge in [0.2, 0.25) is 5.91 Å². The highest BCUT2D eigenvalue weighted by Crippen LogP contribution is 2.31. The van der Waals surface area contributed by atoms with Gasteiger partial charge in [0.05, 0.1) is 25.3 Å². The molecule has 0 bridgehead atoms. The Bertz CT molecular complexity index is 975. The predicted molar refractivity (Wildman–Crippen MR) is 112 cm³/mol. The Morgan fingerprint density at radius 3 is 2.76 bits per heavy atom. The molecule has 148 valence electrons. The number of likely N-dealkylation sites (tertiary alicyclic amines) is 1. The lowest BCUT2D eigenvalue weighted by molar-refractivity contribution is -0.131. The predicted octanol–water partition coefficient (Wildman–Crippen LogP) is 3.98. The van der Waals surface area contributed by atoms with Gasteiger partial charge in [-0.2, -0.15) is 0 Å². The minimum Gasteiger partial charge on any atom is -0.497 e. The van der Waals surface area contributed by atoms with Crippen molar-refractivity contribution in [3.8, 4) is 5.75 Å². The summed E-state index contributed by atoms with van der Waals surface area (Å²) in [5.41, 5.74) is 4.14. The molecule has 1 amide bonds. The van der Waals surface area contributed by atoms with E-state index in [0.29, 0.717) is 6.42 Å². The molecule has 0 spiro atoms. The third-order valence-electron chi connectivity index (χ3n) is 5.37. The number of methoxy groups -OCH3 is 1. The summed E-state index contributed by atoms with van der Waals surface area (Å²) in [4.78, 5) is 23.8. The van der Waals surface area contributed by atoms with E-state index in [1.165, 1.54) is 0 Å². The normalized spacial score (nSPS) is 16.0. The Morgan fingerprint density at radius 2 is 1.93 bits per heavy atom. The Hall–Kier alpha value is -3.21. The summed E-state index contributed by atoms with van der Waals surface area (Å²) >= 11 is 0. The van der Waals surface area contributed by atoms with Crippen molar-refractivity contribution >= 4 is 5.91 Å². The molecule has 1 aromatic carbocycles. The summed E-state index contributed by atoms with van der Waals surface area (Å²) in [5, 5.41) is 0. The van der Waals surface area contributed by atoms with E-state index < -0.39 is 0 Å². The van der Waals surface area contributed by atoms with Crippen LogP contribution in [0, 0.1) is 0 Å². The number of amides is 1. The van der Waals surface area contributed by atoms with E-state index >= 15 is 0 Å². The molecule has 4 rings (SSSR count).